The first kappa shape index (κ1) is 404. The van der Waals surface area contributed by atoms with Crippen LogP contribution in [0.15, 0.2) is 0 Å². The zero-order valence-corrected chi connectivity index (χ0v) is 9.77. The van der Waals surface area contributed by atoms with Crippen molar-refractivity contribution in [1.82, 2.24) is 0 Å². The normalized spacial score (nSPS) is 0. The maximum Gasteiger partial charge on any atom is 3.00 e. The van der Waals surface area contributed by atoms with Crippen molar-refractivity contribution >= 4 is 25.8 Å². The second-order valence-corrected chi connectivity index (χ2v) is 0. The van der Waals surface area contributed by atoms with E-state index in [1.54, 1.807) is 0 Å². The van der Waals surface area contributed by atoms with Gasteiger partial charge in [-0.25, -0.2) is 0 Å². The first-order valence-electron chi connectivity index (χ1n) is 0. The van der Waals surface area contributed by atoms with E-state index in [0.717, 1.165) is 0 Å². The Morgan fingerprint density at radius 2 is 0.333 bits per heavy atom. The molecule has 9 heteroatoms. The van der Waals surface area contributed by atoms with E-state index in [-0.39, 0.29) is 90.4 Å². The molecular formula is H10Cl3InO5. The molecule has 0 aromatic rings. The second-order valence-electron chi connectivity index (χ2n) is 0. The van der Waals surface area contributed by atoms with Gasteiger partial charge in [-0.15, -0.1) is 0 Å². The van der Waals surface area contributed by atoms with E-state index in [0.29, 0.717) is 0 Å². The SMILES string of the molecule is O.O.O.O.O.[113In+3].[Cl-].[Cl-].[Cl-]. The summed E-state index contributed by atoms with van der Waals surface area (Å²) in [7, 11) is 0. The van der Waals surface area contributed by atoms with Crippen molar-refractivity contribution in [2.24, 2.45) is 0 Å². The van der Waals surface area contributed by atoms with Crippen LogP contribution in [0.5, 0.6) is 0 Å². The molecule has 0 bridgehead atoms. The number of rotatable bonds is 0. The molecule has 0 atom stereocenters. The molecule has 0 rings (SSSR count). The average Bonchev–Trinajstić information content (AvgIpc) is 0. The zero-order valence-electron chi connectivity index (χ0n) is 4.21. The summed E-state index contributed by atoms with van der Waals surface area (Å²) in [6.07, 6.45) is 0. The van der Waals surface area contributed by atoms with Gasteiger partial charge in [-0.3, -0.25) is 0 Å². The third kappa shape index (κ3) is 229. The molecule has 0 radical (unpaired) electrons. The van der Waals surface area contributed by atoms with Gasteiger partial charge in [-0.1, -0.05) is 0 Å². The first-order valence-corrected chi connectivity index (χ1v) is 0. The Labute approximate surface area is 90.1 Å². The van der Waals surface area contributed by atoms with Crippen molar-refractivity contribution in [1.29, 1.82) is 0 Å². The van der Waals surface area contributed by atoms with Gasteiger partial charge < -0.3 is 64.6 Å². The largest absolute Gasteiger partial charge is 3.00 e. The van der Waals surface area contributed by atoms with E-state index >= 15 is 0 Å². The Balaban J connectivity index is 0. The summed E-state index contributed by atoms with van der Waals surface area (Å²) in [5, 5.41) is 0. The molecule has 0 spiro atoms. The van der Waals surface area contributed by atoms with E-state index in [2.05, 4.69) is 0 Å². The van der Waals surface area contributed by atoms with Gasteiger partial charge in [0.25, 0.3) is 0 Å². The van der Waals surface area contributed by atoms with Crippen LogP contribution in [0.2, 0.25) is 0 Å². The van der Waals surface area contributed by atoms with Crippen LogP contribution >= 0.6 is 0 Å². The van der Waals surface area contributed by atoms with Crippen molar-refractivity contribution in [3.8, 4) is 0 Å². The van der Waals surface area contributed by atoms with Crippen molar-refractivity contribution in [3.05, 3.63) is 0 Å². The summed E-state index contributed by atoms with van der Waals surface area (Å²) in [5.41, 5.74) is 0. The van der Waals surface area contributed by atoms with Gasteiger partial charge >= 0.3 is 25.8 Å². The first-order chi connectivity index (χ1) is 0. The van der Waals surface area contributed by atoms with Gasteiger partial charge in [0, 0.05) is 0 Å². The van der Waals surface area contributed by atoms with E-state index in [9.17, 15) is 0 Å². The Bertz CT molecular complexity index is 12.2. The summed E-state index contributed by atoms with van der Waals surface area (Å²) >= 11 is 0. The smallest absolute Gasteiger partial charge is 1.00 e. The number of halogens is 3. The van der Waals surface area contributed by atoms with Gasteiger partial charge in [0.2, 0.25) is 0 Å². The molecule has 5 nitrogen and oxygen atoms in total. The van der Waals surface area contributed by atoms with E-state index in [1.165, 1.54) is 0 Å². The molecule has 0 aromatic heterocycles. The van der Waals surface area contributed by atoms with Gasteiger partial charge in [-0.05, 0) is 0 Å². The van der Waals surface area contributed by atoms with Crippen LogP contribution in [0.1, 0.15) is 0 Å². The van der Waals surface area contributed by atoms with Crippen LogP contribution in [0.25, 0.3) is 0 Å². The fourth-order valence-electron chi connectivity index (χ4n) is 0. The van der Waals surface area contributed by atoms with Crippen LogP contribution in [0, 0.1) is 0 Å². The minimum Gasteiger partial charge on any atom is -1.00 e. The fourth-order valence-corrected chi connectivity index (χ4v) is 0. The Morgan fingerprint density at radius 3 is 0.333 bits per heavy atom. The molecule has 0 saturated carbocycles. The molecule has 9 heavy (non-hydrogen) atoms. The molecule has 0 aromatic carbocycles. The maximum atomic E-state index is 0. The van der Waals surface area contributed by atoms with Gasteiger partial charge in [0.05, 0.1) is 0 Å². The molecule has 0 amide bonds. The summed E-state index contributed by atoms with van der Waals surface area (Å²) in [6.45, 7) is 0. The van der Waals surface area contributed by atoms with Crippen molar-refractivity contribution in [2.45, 2.75) is 0 Å². The van der Waals surface area contributed by atoms with Crippen LogP contribution in [-0.2, 0) is 0 Å². The molecule has 0 aliphatic rings. The summed E-state index contributed by atoms with van der Waals surface area (Å²) in [5.74, 6) is 0. The van der Waals surface area contributed by atoms with Crippen molar-refractivity contribution < 1.29 is 64.6 Å². The predicted molar refractivity (Wildman–Crippen MR) is 23.8 cm³/mol. The summed E-state index contributed by atoms with van der Waals surface area (Å²) < 4.78 is 0. The quantitative estimate of drug-likeness (QED) is 0.416. The third-order valence-electron chi connectivity index (χ3n) is 0. The monoisotopic (exact) mass is 308 g/mol. The van der Waals surface area contributed by atoms with Crippen molar-refractivity contribution in [3.63, 3.8) is 0 Å². The van der Waals surface area contributed by atoms with E-state index in [1.807, 2.05) is 0 Å². The molecule has 0 aliphatic heterocycles. The maximum absolute atomic E-state index is 0. The number of hydrogen-bond donors (Lipinski definition) is 0. The van der Waals surface area contributed by atoms with Gasteiger partial charge in [0.15, 0.2) is 0 Å². The molecule has 0 saturated heterocycles. The van der Waals surface area contributed by atoms with E-state index in [4.69, 9.17) is 0 Å². The van der Waals surface area contributed by atoms with Gasteiger partial charge in [0.1, 0.15) is 0 Å². The van der Waals surface area contributed by atoms with E-state index < -0.39 is 0 Å². The van der Waals surface area contributed by atoms with Crippen LogP contribution in [0.4, 0.5) is 0 Å². The third-order valence-corrected chi connectivity index (χ3v) is 0. The molecule has 0 aliphatic carbocycles. The fraction of sp³-hybridized carbons (Fsp3) is 0. The standard InChI is InChI=1S/3ClH.In.5H2O/h3*1H;;5*1H2/q;;;+3;;;;;/p-3/i;;;1-2;;;;;. The Kier molecular flexibility index (Phi) is 13200. The van der Waals surface area contributed by atoms with Crippen LogP contribution in [0.3, 0.4) is 0 Å². The molecule has 0 fully saturated rings. The molecule has 10 N–H and O–H groups in total. The average molecular weight is 309 g/mol. The molecule has 64 valence electrons. The van der Waals surface area contributed by atoms with Crippen molar-refractivity contribution in [2.75, 3.05) is 0 Å². The summed E-state index contributed by atoms with van der Waals surface area (Å²) in [6, 6.07) is 0. The predicted octanol–water partition coefficient (Wildman–Crippen LogP) is -13.5. The topological polar surface area (TPSA) is 158 Å². The Hall–Kier alpha value is 1.54. The summed E-state index contributed by atoms with van der Waals surface area (Å²) in [4.78, 5) is 0. The second kappa shape index (κ2) is 293. The number of hydrogen-bond acceptors (Lipinski definition) is 0. The molecule has 0 heterocycles. The minimum absolute atomic E-state index is 0. The molecule has 0 unspecified atom stereocenters. The van der Waals surface area contributed by atoms with Crippen LogP contribution in [-0.4, -0.2) is 53.2 Å². The Morgan fingerprint density at radius 1 is 0.333 bits per heavy atom. The molecular weight excluding hydrogens is 299 g/mol. The zero-order chi connectivity index (χ0) is 0. The minimum atomic E-state index is 0. The van der Waals surface area contributed by atoms with Gasteiger partial charge in [-0.2, -0.15) is 0 Å². The van der Waals surface area contributed by atoms with Crippen LogP contribution < -0.4 is 37.2 Å².